The fourth-order valence-corrected chi connectivity index (χ4v) is 2.58. The highest BCUT2D eigenvalue weighted by Gasteiger charge is 2.28. The summed E-state index contributed by atoms with van der Waals surface area (Å²) in [5.74, 6) is -1.77. The van der Waals surface area contributed by atoms with Crippen molar-refractivity contribution >= 4 is 17.5 Å². The van der Waals surface area contributed by atoms with Crippen LogP contribution in [0.25, 0.3) is 5.57 Å². The van der Waals surface area contributed by atoms with E-state index in [4.69, 9.17) is 14.6 Å². The van der Waals surface area contributed by atoms with E-state index in [9.17, 15) is 19.2 Å². The van der Waals surface area contributed by atoms with Crippen molar-refractivity contribution in [2.75, 3.05) is 20.3 Å². The number of esters is 2. The third kappa shape index (κ3) is 4.27. The molecule has 2 N–H and O–H groups in total. The molecule has 10 nitrogen and oxygen atoms in total. The molecule has 0 saturated carbocycles. The molecule has 26 heavy (non-hydrogen) atoms. The molecule has 0 amide bonds. The van der Waals surface area contributed by atoms with Crippen LogP contribution < -0.4 is 11.2 Å². The molecule has 1 aromatic heterocycles. The normalized spacial score (nSPS) is 20.0. The van der Waals surface area contributed by atoms with Crippen LogP contribution in [0.1, 0.15) is 31.6 Å². The van der Waals surface area contributed by atoms with Crippen molar-refractivity contribution in [3.63, 3.8) is 0 Å². The van der Waals surface area contributed by atoms with Gasteiger partial charge in [0.2, 0.25) is 0 Å². The van der Waals surface area contributed by atoms with Crippen molar-refractivity contribution in [3.8, 4) is 0 Å². The van der Waals surface area contributed by atoms with E-state index in [2.05, 4.69) is 9.72 Å². The standard InChI is InChI=1S/C16H20N2O8/c1-3-25-13(20)6-10(15(22)24-2)11-7-18(16(23)17-14(11)21)12-5-4-9(8-19)26-12/h6-7,9,12,19H,3-5,8H2,1-2H3,(H,17,21,23)/b10-6-/t9-,12+/m0/s1. The highest BCUT2D eigenvalue weighted by atomic mass is 16.5. The Bertz CT molecular complexity index is 822. The number of hydrogen-bond acceptors (Lipinski definition) is 8. The molecule has 0 unspecified atom stereocenters. The highest BCUT2D eigenvalue weighted by Crippen LogP contribution is 2.27. The van der Waals surface area contributed by atoms with Crippen LogP contribution in [-0.2, 0) is 23.8 Å². The molecule has 1 aliphatic rings. The fraction of sp³-hybridized carbons (Fsp3) is 0.500. The maximum atomic E-state index is 12.2. The lowest BCUT2D eigenvalue weighted by Crippen LogP contribution is -2.35. The summed E-state index contributed by atoms with van der Waals surface area (Å²) in [6, 6.07) is 0. The van der Waals surface area contributed by atoms with Crippen LogP contribution in [0.2, 0.25) is 0 Å². The molecule has 0 bridgehead atoms. The van der Waals surface area contributed by atoms with Gasteiger partial charge in [-0.1, -0.05) is 0 Å². The number of aliphatic hydroxyl groups is 1. The molecule has 10 heteroatoms. The number of carbonyl (C=O) groups excluding carboxylic acids is 2. The number of hydrogen-bond donors (Lipinski definition) is 2. The van der Waals surface area contributed by atoms with Crippen molar-refractivity contribution in [1.29, 1.82) is 0 Å². The Hall–Kier alpha value is -2.72. The van der Waals surface area contributed by atoms with Gasteiger partial charge in [0.15, 0.2) is 0 Å². The fourth-order valence-electron chi connectivity index (χ4n) is 2.58. The Morgan fingerprint density at radius 1 is 1.42 bits per heavy atom. The summed E-state index contributed by atoms with van der Waals surface area (Å²) >= 11 is 0. The van der Waals surface area contributed by atoms with Gasteiger partial charge in [0.1, 0.15) is 6.23 Å². The molecule has 142 valence electrons. The molecule has 1 aliphatic heterocycles. The van der Waals surface area contributed by atoms with Crippen LogP contribution in [0.15, 0.2) is 21.9 Å². The number of nitrogens with zero attached hydrogens (tertiary/aromatic N) is 1. The summed E-state index contributed by atoms with van der Waals surface area (Å²) in [6.07, 6.45) is 1.80. The third-order valence-corrected chi connectivity index (χ3v) is 3.81. The summed E-state index contributed by atoms with van der Waals surface area (Å²) in [6.45, 7) is 1.47. The molecule has 0 spiro atoms. The van der Waals surface area contributed by atoms with Crippen LogP contribution in [0.4, 0.5) is 0 Å². The number of aromatic nitrogens is 2. The van der Waals surface area contributed by atoms with Gasteiger partial charge in [-0.15, -0.1) is 0 Å². The molecule has 2 rings (SSSR count). The minimum Gasteiger partial charge on any atom is -0.465 e. The molecule has 1 saturated heterocycles. The minimum atomic E-state index is -0.936. The van der Waals surface area contributed by atoms with E-state index in [-0.39, 0.29) is 24.4 Å². The summed E-state index contributed by atoms with van der Waals surface area (Å²) in [5, 5.41) is 9.15. The van der Waals surface area contributed by atoms with Gasteiger partial charge in [-0.05, 0) is 19.8 Å². The second kappa shape index (κ2) is 8.59. The highest BCUT2D eigenvalue weighted by molar-refractivity contribution is 6.20. The first kappa shape index (κ1) is 19.6. The zero-order chi connectivity index (χ0) is 19.3. The lowest BCUT2D eigenvalue weighted by molar-refractivity contribution is -0.138. The molecule has 2 atom stereocenters. The summed E-state index contributed by atoms with van der Waals surface area (Å²) in [7, 11) is 1.09. The average molecular weight is 368 g/mol. The Morgan fingerprint density at radius 2 is 2.15 bits per heavy atom. The van der Waals surface area contributed by atoms with Crippen LogP contribution in [0, 0.1) is 0 Å². The maximum absolute atomic E-state index is 12.2. The van der Waals surface area contributed by atoms with Gasteiger partial charge in [0.05, 0.1) is 37.6 Å². The van der Waals surface area contributed by atoms with E-state index in [1.54, 1.807) is 6.92 Å². The number of ether oxygens (including phenoxy) is 3. The number of H-pyrrole nitrogens is 1. The summed E-state index contributed by atoms with van der Waals surface area (Å²) in [5.41, 5.74) is -2.18. The van der Waals surface area contributed by atoms with Gasteiger partial charge < -0.3 is 19.3 Å². The van der Waals surface area contributed by atoms with Crippen LogP contribution >= 0.6 is 0 Å². The topological polar surface area (TPSA) is 137 Å². The summed E-state index contributed by atoms with van der Waals surface area (Å²) < 4.78 is 16.0. The van der Waals surface area contributed by atoms with E-state index >= 15 is 0 Å². The first-order chi connectivity index (χ1) is 12.4. The molecule has 1 aromatic rings. The van der Waals surface area contributed by atoms with E-state index in [1.165, 1.54) is 0 Å². The number of aromatic amines is 1. The van der Waals surface area contributed by atoms with Crippen LogP contribution in [-0.4, -0.2) is 53.0 Å². The van der Waals surface area contributed by atoms with Gasteiger partial charge in [-0.25, -0.2) is 14.4 Å². The Labute approximate surface area is 148 Å². The predicted octanol–water partition coefficient (Wildman–Crippen LogP) is -0.674. The molecule has 0 radical (unpaired) electrons. The molecule has 2 heterocycles. The number of methoxy groups -OCH3 is 1. The second-order valence-electron chi connectivity index (χ2n) is 5.48. The average Bonchev–Trinajstić information content (AvgIpc) is 3.08. The molecule has 0 aliphatic carbocycles. The van der Waals surface area contributed by atoms with Crippen molar-refractivity contribution in [3.05, 3.63) is 38.7 Å². The maximum Gasteiger partial charge on any atom is 0.338 e. The van der Waals surface area contributed by atoms with Crippen molar-refractivity contribution in [2.24, 2.45) is 0 Å². The predicted molar refractivity (Wildman–Crippen MR) is 88.2 cm³/mol. The largest absolute Gasteiger partial charge is 0.465 e. The second-order valence-corrected chi connectivity index (χ2v) is 5.48. The molecule has 0 aromatic carbocycles. The number of rotatable bonds is 6. The van der Waals surface area contributed by atoms with Crippen molar-refractivity contribution in [1.82, 2.24) is 9.55 Å². The lowest BCUT2D eigenvalue weighted by atomic mass is 10.1. The Kier molecular flexibility index (Phi) is 6.47. The third-order valence-electron chi connectivity index (χ3n) is 3.81. The molecule has 1 fully saturated rings. The lowest BCUT2D eigenvalue weighted by Gasteiger charge is -2.16. The summed E-state index contributed by atoms with van der Waals surface area (Å²) in [4.78, 5) is 50.1. The molecular weight excluding hydrogens is 348 g/mol. The number of aliphatic hydroxyl groups excluding tert-OH is 1. The monoisotopic (exact) mass is 368 g/mol. The van der Waals surface area contributed by atoms with Gasteiger partial charge >= 0.3 is 17.6 Å². The molecular formula is C16H20N2O8. The Morgan fingerprint density at radius 3 is 2.73 bits per heavy atom. The first-order valence-corrected chi connectivity index (χ1v) is 8.00. The van der Waals surface area contributed by atoms with Crippen molar-refractivity contribution < 1.29 is 28.9 Å². The van der Waals surface area contributed by atoms with E-state index in [0.29, 0.717) is 12.8 Å². The Balaban J connectivity index is 2.51. The quantitative estimate of drug-likeness (QED) is 0.498. The minimum absolute atomic E-state index is 0.0815. The van der Waals surface area contributed by atoms with Crippen molar-refractivity contribution in [2.45, 2.75) is 32.1 Å². The number of nitrogens with one attached hydrogen (secondary N) is 1. The smallest absolute Gasteiger partial charge is 0.338 e. The van der Waals surface area contributed by atoms with Gasteiger partial charge in [0, 0.05) is 12.3 Å². The number of carbonyl (C=O) groups is 2. The van der Waals surface area contributed by atoms with E-state index < -0.39 is 35.5 Å². The zero-order valence-corrected chi connectivity index (χ0v) is 14.4. The van der Waals surface area contributed by atoms with E-state index in [1.807, 2.05) is 0 Å². The van der Waals surface area contributed by atoms with Gasteiger partial charge in [0.25, 0.3) is 5.56 Å². The van der Waals surface area contributed by atoms with Crippen LogP contribution in [0.3, 0.4) is 0 Å². The SMILES string of the molecule is CCOC(=O)/C=C(\C(=O)OC)c1cn([C@H]2CC[C@@H](CO)O2)c(=O)[nH]c1=O. The zero-order valence-electron chi connectivity index (χ0n) is 14.4. The van der Waals surface area contributed by atoms with E-state index in [0.717, 1.165) is 23.9 Å². The van der Waals surface area contributed by atoms with Crippen LogP contribution in [0.5, 0.6) is 0 Å². The first-order valence-electron chi connectivity index (χ1n) is 8.00. The van der Waals surface area contributed by atoms with Gasteiger partial charge in [-0.2, -0.15) is 0 Å². The van der Waals surface area contributed by atoms with Gasteiger partial charge in [-0.3, -0.25) is 14.3 Å².